The van der Waals surface area contributed by atoms with Crippen LogP contribution in [0.15, 0.2) is 84.9 Å². The van der Waals surface area contributed by atoms with Crippen molar-refractivity contribution in [3.63, 3.8) is 0 Å². The summed E-state index contributed by atoms with van der Waals surface area (Å²) < 4.78 is 0. The molecule has 0 aliphatic heterocycles. The van der Waals surface area contributed by atoms with E-state index in [1.165, 1.54) is 0 Å². The molecule has 39 heavy (non-hydrogen) atoms. The van der Waals surface area contributed by atoms with E-state index in [0.29, 0.717) is 19.4 Å². The number of carbonyl (C=O) groups is 3. The third-order valence-electron chi connectivity index (χ3n) is 6.64. The quantitative estimate of drug-likeness (QED) is 0.198. The lowest BCUT2D eigenvalue weighted by Gasteiger charge is -2.34. The van der Waals surface area contributed by atoms with E-state index in [-0.39, 0.29) is 24.8 Å². The summed E-state index contributed by atoms with van der Waals surface area (Å²) in [6.07, 6.45) is 0.904. The van der Waals surface area contributed by atoms with E-state index in [1.54, 1.807) is 29.0 Å². The molecule has 0 unspecified atom stereocenters. The van der Waals surface area contributed by atoms with Gasteiger partial charge >= 0.3 is 0 Å². The molecule has 3 amide bonds. The average molecular weight is 529 g/mol. The molecule has 0 saturated heterocycles. The Morgan fingerprint density at radius 2 is 1.31 bits per heavy atom. The van der Waals surface area contributed by atoms with Crippen LogP contribution in [-0.2, 0) is 27.3 Å². The molecule has 0 bridgehead atoms. The minimum atomic E-state index is -0.891. The zero-order valence-corrected chi connectivity index (χ0v) is 22.1. The Hall–Kier alpha value is -4.66. The maximum atomic E-state index is 14.4. The van der Waals surface area contributed by atoms with E-state index in [0.717, 1.165) is 22.3 Å². The highest BCUT2D eigenvalue weighted by molar-refractivity contribution is 5.92. The normalized spacial score (nSPS) is 11.5. The van der Waals surface area contributed by atoms with Gasteiger partial charge in [-0.2, -0.15) is 0 Å². The molecule has 1 atom stereocenters. The van der Waals surface area contributed by atoms with E-state index in [9.17, 15) is 14.4 Å². The van der Waals surface area contributed by atoms with Crippen LogP contribution < -0.4 is 17.2 Å². The highest BCUT2D eigenvalue weighted by Gasteiger charge is 2.34. The van der Waals surface area contributed by atoms with Crippen LogP contribution in [0, 0.1) is 5.41 Å². The minimum Gasteiger partial charge on any atom is -0.370 e. The summed E-state index contributed by atoms with van der Waals surface area (Å²) in [7, 11) is 1.69. The molecule has 0 aliphatic carbocycles. The molecular weight excluding hydrogens is 492 g/mol. The van der Waals surface area contributed by atoms with Crippen molar-refractivity contribution in [1.82, 2.24) is 9.80 Å². The fourth-order valence-corrected chi connectivity index (χ4v) is 4.53. The summed E-state index contributed by atoms with van der Waals surface area (Å²) in [6, 6.07) is 25.2. The van der Waals surface area contributed by atoms with Gasteiger partial charge in [0.1, 0.15) is 6.04 Å². The first kappa shape index (κ1) is 28.9. The number of nitrogens with one attached hydrogen (secondary N) is 1. The molecule has 0 aromatic heterocycles. The SMILES string of the molecule is CN(CCC[C@H](C(N)=O)N(Cc1ccc(CC(N)=O)cc1)C(=O)C(c1ccccc1)c1ccccc1)C(=N)N. The fraction of sp³-hybridized carbons (Fsp3) is 0.267. The van der Waals surface area contributed by atoms with Crippen molar-refractivity contribution < 1.29 is 14.4 Å². The van der Waals surface area contributed by atoms with E-state index >= 15 is 0 Å². The second-order valence-electron chi connectivity index (χ2n) is 9.55. The van der Waals surface area contributed by atoms with E-state index < -0.39 is 23.8 Å². The molecule has 3 aromatic carbocycles. The van der Waals surface area contributed by atoms with Crippen LogP contribution >= 0.6 is 0 Å². The zero-order valence-electron chi connectivity index (χ0n) is 22.1. The number of carbonyl (C=O) groups excluding carboxylic acids is 3. The Bertz CT molecular complexity index is 1230. The first-order valence-corrected chi connectivity index (χ1v) is 12.8. The Morgan fingerprint density at radius 3 is 1.77 bits per heavy atom. The number of hydrogen-bond donors (Lipinski definition) is 4. The minimum absolute atomic E-state index is 0.0807. The van der Waals surface area contributed by atoms with Gasteiger partial charge in [-0.1, -0.05) is 84.9 Å². The second-order valence-corrected chi connectivity index (χ2v) is 9.55. The van der Waals surface area contributed by atoms with Crippen molar-refractivity contribution in [3.8, 4) is 0 Å². The van der Waals surface area contributed by atoms with Crippen LogP contribution in [0.3, 0.4) is 0 Å². The molecule has 0 saturated carbocycles. The maximum absolute atomic E-state index is 14.4. The molecule has 0 aliphatic rings. The smallest absolute Gasteiger partial charge is 0.240 e. The molecule has 0 fully saturated rings. The summed E-state index contributed by atoms with van der Waals surface area (Å²) in [5.74, 6) is -2.03. The number of nitrogens with zero attached hydrogens (tertiary/aromatic N) is 2. The van der Waals surface area contributed by atoms with Gasteiger partial charge in [0, 0.05) is 20.1 Å². The first-order chi connectivity index (χ1) is 18.7. The number of guanidine groups is 1. The molecule has 9 heteroatoms. The number of nitrogens with two attached hydrogens (primary N) is 3. The third-order valence-corrected chi connectivity index (χ3v) is 6.64. The lowest BCUT2D eigenvalue weighted by molar-refractivity contribution is -0.141. The van der Waals surface area contributed by atoms with Gasteiger partial charge in [0.15, 0.2) is 5.96 Å². The van der Waals surface area contributed by atoms with Crippen LogP contribution in [0.4, 0.5) is 0 Å². The summed E-state index contributed by atoms with van der Waals surface area (Å²) in [4.78, 5) is 41.6. The van der Waals surface area contributed by atoms with Gasteiger partial charge in [0.2, 0.25) is 17.7 Å². The molecular formula is C30H36N6O3. The number of hydrogen-bond acceptors (Lipinski definition) is 4. The van der Waals surface area contributed by atoms with Crippen LogP contribution in [0.2, 0.25) is 0 Å². The van der Waals surface area contributed by atoms with Crippen molar-refractivity contribution in [1.29, 1.82) is 5.41 Å². The molecule has 3 aromatic rings. The Labute approximate surface area is 229 Å². The Kier molecular flexibility index (Phi) is 10.2. The van der Waals surface area contributed by atoms with Gasteiger partial charge in [-0.3, -0.25) is 19.8 Å². The lowest BCUT2D eigenvalue weighted by atomic mass is 9.89. The molecule has 7 N–H and O–H groups in total. The molecule has 9 nitrogen and oxygen atoms in total. The van der Waals surface area contributed by atoms with Gasteiger partial charge in [-0.25, -0.2) is 0 Å². The zero-order chi connectivity index (χ0) is 28.4. The number of amides is 3. The molecule has 0 radical (unpaired) electrons. The predicted molar refractivity (Wildman–Crippen MR) is 151 cm³/mol. The summed E-state index contributed by atoms with van der Waals surface area (Å²) in [5.41, 5.74) is 19.9. The maximum Gasteiger partial charge on any atom is 0.240 e. The first-order valence-electron chi connectivity index (χ1n) is 12.8. The highest BCUT2D eigenvalue weighted by Crippen LogP contribution is 2.29. The van der Waals surface area contributed by atoms with Crippen molar-refractivity contribution >= 4 is 23.7 Å². The van der Waals surface area contributed by atoms with Crippen molar-refractivity contribution in [2.75, 3.05) is 13.6 Å². The monoisotopic (exact) mass is 528 g/mol. The largest absolute Gasteiger partial charge is 0.370 e. The van der Waals surface area contributed by atoms with E-state index in [2.05, 4.69) is 0 Å². The summed E-state index contributed by atoms with van der Waals surface area (Å²) >= 11 is 0. The van der Waals surface area contributed by atoms with Crippen LogP contribution in [0.25, 0.3) is 0 Å². The molecule has 0 heterocycles. The molecule has 204 valence electrons. The number of primary amides is 2. The highest BCUT2D eigenvalue weighted by atomic mass is 16.2. The number of rotatable bonds is 13. The second kappa shape index (κ2) is 13.8. The van der Waals surface area contributed by atoms with Gasteiger partial charge in [0.25, 0.3) is 0 Å². The average Bonchev–Trinajstić information content (AvgIpc) is 2.91. The van der Waals surface area contributed by atoms with Gasteiger partial charge in [-0.05, 0) is 35.1 Å². The van der Waals surface area contributed by atoms with Gasteiger partial charge in [-0.15, -0.1) is 0 Å². The van der Waals surface area contributed by atoms with E-state index in [4.69, 9.17) is 22.6 Å². The van der Waals surface area contributed by atoms with Crippen LogP contribution in [-0.4, -0.2) is 53.1 Å². The van der Waals surface area contributed by atoms with Gasteiger partial charge < -0.3 is 27.0 Å². The third kappa shape index (κ3) is 8.16. The van der Waals surface area contributed by atoms with Crippen molar-refractivity contribution in [2.45, 2.75) is 37.8 Å². The standard InChI is InChI=1S/C30H36N6O3/c1-35(30(33)34)18-8-13-25(28(32)38)36(20-22-16-14-21(15-17-22)19-26(31)37)29(39)27(23-9-4-2-5-10-23)24-11-6-3-7-12-24/h2-7,9-12,14-17,25,27H,8,13,18-20H2,1H3,(H2,31,37)(H2,32,38)(H3,33,34)/t25-/m1/s1. The molecule has 3 rings (SSSR count). The lowest BCUT2D eigenvalue weighted by Crippen LogP contribution is -2.49. The van der Waals surface area contributed by atoms with Crippen LogP contribution in [0.1, 0.15) is 41.0 Å². The summed E-state index contributed by atoms with van der Waals surface area (Å²) in [6.45, 7) is 0.575. The number of benzene rings is 3. The van der Waals surface area contributed by atoms with Crippen molar-refractivity contribution in [2.24, 2.45) is 17.2 Å². The fourth-order valence-electron chi connectivity index (χ4n) is 4.53. The predicted octanol–water partition coefficient (Wildman–Crippen LogP) is 2.33. The van der Waals surface area contributed by atoms with Crippen LogP contribution in [0.5, 0.6) is 0 Å². The molecule has 0 spiro atoms. The van der Waals surface area contributed by atoms with Gasteiger partial charge in [0.05, 0.1) is 12.3 Å². The Morgan fingerprint density at radius 1 is 0.795 bits per heavy atom. The summed E-state index contributed by atoms with van der Waals surface area (Å²) in [5, 5.41) is 7.60. The van der Waals surface area contributed by atoms with Crippen molar-refractivity contribution in [3.05, 3.63) is 107 Å². The topological polar surface area (TPSA) is 160 Å². The van der Waals surface area contributed by atoms with E-state index in [1.807, 2.05) is 72.8 Å². The Balaban J connectivity index is 2.00.